The molecule has 0 unspecified atom stereocenters. The maximum absolute atomic E-state index is 12.0. The van der Waals surface area contributed by atoms with Gasteiger partial charge < -0.3 is 10.2 Å². The van der Waals surface area contributed by atoms with Gasteiger partial charge in [-0.25, -0.2) is 0 Å². The van der Waals surface area contributed by atoms with E-state index in [1.54, 1.807) is 0 Å². The molecule has 4 aliphatic rings. The van der Waals surface area contributed by atoms with Crippen molar-refractivity contribution in [3.8, 4) is 0 Å². The fourth-order valence-corrected chi connectivity index (χ4v) is 7.63. The zero-order valence-corrected chi connectivity index (χ0v) is 14.0. The van der Waals surface area contributed by atoms with E-state index >= 15 is 0 Å². The molecule has 0 aromatic heterocycles. The minimum atomic E-state index is -0.585. The van der Waals surface area contributed by atoms with Gasteiger partial charge in [-0.15, -0.1) is 0 Å². The quantitative estimate of drug-likeness (QED) is 0.770. The van der Waals surface area contributed by atoms with Gasteiger partial charge >= 0.3 is 5.97 Å². The molecule has 3 heteroatoms. The fraction of sp³-hybridized carbons (Fsp3) is 0.947. The summed E-state index contributed by atoms with van der Waals surface area (Å²) in [6, 6.07) is 0. The van der Waals surface area contributed by atoms with E-state index in [1.807, 2.05) is 6.92 Å². The van der Waals surface area contributed by atoms with E-state index in [9.17, 15) is 15.0 Å². The molecule has 0 amide bonds. The molecular formula is C19H30O3. The van der Waals surface area contributed by atoms with Crippen molar-refractivity contribution in [2.45, 2.75) is 83.7 Å². The van der Waals surface area contributed by atoms with Crippen LogP contribution in [-0.4, -0.2) is 21.8 Å². The average molecular weight is 306 g/mol. The highest BCUT2D eigenvalue weighted by Gasteiger charge is 2.66. The topological polar surface area (TPSA) is 57.5 Å². The van der Waals surface area contributed by atoms with Crippen LogP contribution in [0.5, 0.6) is 0 Å². The van der Waals surface area contributed by atoms with Crippen molar-refractivity contribution in [3.05, 3.63) is 0 Å². The lowest BCUT2D eigenvalue weighted by atomic mass is 9.41. The summed E-state index contributed by atoms with van der Waals surface area (Å²) in [5, 5.41) is 20.6. The first-order chi connectivity index (χ1) is 10.2. The van der Waals surface area contributed by atoms with Crippen LogP contribution in [0.1, 0.15) is 78.1 Å². The van der Waals surface area contributed by atoms with Crippen LogP contribution < -0.4 is 0 Å². The van der Waals surface area contributed by atoms with Crippen molar-refractivity contribution >= 4 is 5.97 Å². The first kappa shape index (κ1) is 15.0. The second-order valence-electron chi connectivity index (χ2n) is 9.53. The summed E-state index contributed by atoms with van der Waals surface area (Å²) >= 11 is 0. The Bertz CT molecular complexity index is 517. The molecule has 0 radical (unpaired) electrons. The van der Waals surface area contributed by atoms with Crippen LogP contribution in [0.4, 0.5) is 0 Å². The molecule has 0 heterocycles. The van der Waals surface area contributed by atoms with E-state index in [1.165, 1.54) is 12.8 Å². The molecule has 0 aromatic rings. The number of rotatable bonds is 1. The molecule has 6 atom stereocenters. The number of carboxylic acid groups (broad SMARTS) is 1. The minimum Gasteiger partial charge on any atom is -0.481 e. The number of fused-ring (bicyclic) bond motifs is 3. The molecule has 0 aliphatic heterocycles. The summed E-state index contributed by atoms with van der Waals surface area (Å²) in [5.41, 5.74) is -0.463. The van der Waals surface area contributed by atoms with Gasteiger partial charge in [-0.1, -0.05) is 13.3 Å². The first-order valence-electron chi connectivity index (χ1n) is 9.20. The molecule has 1 spiro atoms. The molecule has 0 aromatic carbocycles. The Hall–Kier alpha value is -0.570. The number of aliphatic hydroxyl groups is 1. The third kappa shape index (κ3) is 1.69. The van der Waals surface area contributed by atoms with Crippen molar-refractivity contribution in [2.24, 2.45) is 28.1 Å². The Morgan fingerprint density at radius 1 is 0.955 bits per heavy atom. The van der Waals surface area contributed by atoms with Crippen LogP contribution in [0.3, 0.4) is 0 Å². The molecule has 4 saturated carbocycles. The monoisotopic (exact) mass is 306 g/mol. The molecule has 4 aliphatic carbocycles. The van der Waals surface area contributed by atoms with E-state index in [0.29, 0.717) is 17.3 Å². The van der Waals surface area contributed by atoms with Gasteiger partial charge in [0.25, 0.3) is 0 Å². The lowest BCUT2D eigenvalue weighted by molar-refractivity contribution is -0.186. The van der Waals surface area contributed by atoms with E-state index < -0.39 is 17.0 Å². The summed E-state index contributed by atoms with van der Waals surface area (Å²) in [6.07, 6.45) is 10.4. The van der Waals surface area contributed by atoms with Gasteiger partial charge in [0.2, 0.25) is 0 Å². The van der Waals surface area contributed by atoms with Gasteiger partial charge in [0.1, 0.15) is 0 Å². The Balaban J connectivity index is 1.74. The summed E-state index contributed by atoms with van der Waals surface area (Å²) < 4.78 is 0. The van der Waals surface area contributed by atoms with Crippen LogP contribution in [0, 0.1) is 28.1 Å². The fourth-order valence-electron chi connectivity index (χ4n) is 7.63. The van der Waals surface area contributed by atoms with Gasteiger partial charge in [-0.3, -0.25) is 4.79 Å². The van der Waals surface area contributed by atoms with E-state index in [4.69, 9.17) is 0 Å². The second-order valence-corrected chi connectivity index (χ2v) is 9.53. The predicted octanol–water partition coefficient (Wildman–Crippen LogP) is 3.99. The lowest BCUT2D eigenvalue weighted by Crippen LogP contribution is -2.59. The second kappa shape index (κ2) is 4.28. The van der Waals surface area contributed by atoms with Crippen molar-refractivity contribution < 1.29 is 15.0 Å². The van der Waals surface area contributed by atoms with Gasteiger partial charge in [-0.2, -0.15) is 0 Å². The highest BCUT2D eigenvalue weighted by atomic mass is 16.4. The molecular weight excluding hydrogens is 276 g/mol. The number of aliphatic carboxylic acids is 1. The number of hydrogen-bond donors (Lipinski definition) is 2. The van der Waals surface area contributed by atoms with Gasteiger partial charge in [-0.05, 0) is 87.4 Å². The van der Waals surface area contributed by atoms with Crippen LogP contribution >= 0.6 is 0 Å². The molecule has 4 rings (SSSR count). The Labute approximate surface area is 133 Å². The zero-order chi connectivity index (χ0) is 15.8. The normalized spacial score (nSPS) is 57.0. The van der Waals surface area contributed by atoms with E-state index in [2.05, 4.69) is 6.92 Å². The highest BCUT2D eigenvalue weighted by Crippen LogP contribution is 2.72. The molecule has 2 bridgehead atoms. The summed E-state index contributed by atoms with van der Waals surface area (Å²) in [4.78, 5) is 12.0. The molecule has 22 heavy (non-hydrogen) atoms. The number of carbonyl (C=O) groups is 1. The summed E-state index contributed by atoms with van der Waals surface area (Å²) in [5.74, 6) is 0.354. The summed E-state index contributed by atoms with van der Waals surface area (Å²) in [7, 11) is 0. The number of hydrogen-bond acceptors (Lipinski definition) is 2. The highest BCUT2D eigenvalue weighted by molar-refractivity contribution is 5.75. The SMILES string of the molecule is C[C@@]12CCC[C@@](C)(C(=O)O)[C@H]1CC[C@]13CC[C@](O)(CC[C@H]12)C3. The molecule has 124 valence electrons. The maximum Gasteiger partial charge on any atom is 0.309 e. The summed E-state index contributed by atoms with van der Waals surface area (Å²) in [6.45, 7) is 4.40. The standard InChI is InChI=1S/C19H30O3/c1-16-6-3-7-17(2,15(20)21)13(16)4-8-18-10-11-19(22,12-18)9-5-14(16)18/h13-14,22H,3-12H2,1-2H3,(H,20,21)/t13-,14-,16+,17+,18+,19+/m0/s1. The predicted molar refractivity (Wildman–Crippen MR) is 84.4 cm³/mol. The first-order valence-corrected chi connectivity index (χ1v) is 9.20. The smallest absolute Gasteiger partial charge is 0.309 e. The van der Waals surface area contributed by atoms with Crippen molar-refractivity contribution in [1.82, 2.24) is 0 Å². The van der Waals surface area contributed by atoms with Crippen molar-refractivity contribution in [3.63, 3.8) is 0 Å². The molecule has 3 nitrogen and oxygen atoms in total. The Morgan fingerprint density at radius 3 is 2.41 bits per heavy atom. The van der Waals surface area contributed by atoms with Crippen LogP contribution in [0.15, 0.2) is 0 Å². The Morgan fingerprint density at radius 2 is 1.68 bits per heavy atom. The van der Waals surface area contributed by atoms with E-state index in [0.717, 1.165) is 51.4 Å². The molecule has 0 saturated heterocycles. The minimum absolute atomic E-state index is 0.162. The average Bonchev–Trinajstić information content (AvgIpc) is 2.68. The molecule has 2 N–H and O–H groups in total. The third-order valence-corrected chi connectivity index (χ3v) is 8.60. The van der Waals surface area contributed by atoms with E-state index in [-0.39, 0.29) is 5.41 Å². The van der Waals surface area contributed by atoms with Crippen LogP contribution in [0.2, 0.25) is 0 Å². The van der Waals surface area contributed by atoms with Gasteiger partial charge in [0, 0.05) is 0 Å². The van der Waals surface area contributed by atoms with Crippen LogP contribution in [-0.2, 0) is 4.79 Å². The molecule has 4 fully saturated rings. The zero-order valence-electron chi connectivity index (χ0n) is 14.0. The largest absolute Gasteiger partial charge is 0.481 e. The third-order valence-electron chi connectivity index (χ3n) is 8.60. The maximum atomic E-state index is 12.0. The van der Waals surface area contributed by atoms with Gasteiger partial charge in [0.05, 0.1) is 11.0 Å². The van der Waals surface area contributed by atoms with Crippen molar-refractivity contribution in [2.75, 3.05) is 0 Å². The Kier molecular flexibility index (Phi) is 2.92. The van der Waals surface area contributed by atoms with Crippen LogP contribution in [0.25, 0.3) is 0 Å². The van der Waals surface area contributed by atoms with Gasteiger partial charge in [0.15, 0.2) is 0 Å². The lowest BCUT2D eigenvalue weighted by Gasteiger charge is -2.63. The van der Waals surface area contributed by atoms with Crippen molar-refractivity contribution in [1.29, 1.82) is 0 Å². The number of carboxylic acids is 1.